The first-order valence-electron chi connectivity index (χ1n) is 7.31. The minimum absolute atomic E-state index is 0.320. The fourth-order valence-corrected chi connectivity index (χ4v) is 1.75. The Morgan fingerprint density at radius 3 is 2.45 bits per heavy atom. The van der Waals surface area contributed by atoms with Crippen LogP contribution in [0.5, 0.6) is 5.75 Å². The lowest BCUT2D eigenvalue weighted by atomic mass is 10.1. The Balaban J connectivity index is 2.64. The lowest BCUT2D eigenvalue weighted by Gasteiger charge is -2.14. The van der Waals surface area contributed by atoms with Gasteiger partial charge in [-0.15, -0.1) is 6.58 Å². The van der Waals surface area contributed by atoms with Crippen LogP contribution in [0.15, 0.2) is 36.9 Å². The molecule has 0 saturated heterocycles. The zero-order chi connectivity index (χ0) is 16.5. The molecule has 0 aliphatic heterocycles. The van der Waals surface area contributed by atoms with Gasteiger partial charge in [0.05, 0.1) is 6.61 Å². The van der Waals surface area contributed by atoms with Gasteiger partial charge in [0.1, 0.15) is 11.8 Å². The molecule has 0 bridgehead atoms. The second-order valence-electron chi connectivity index (χ2n) is 5.46. The minimum Gasteiger partial charge on any atom is -0.493 e. The van der Waals surface area contributed by atoms with E-state index in [0.29, 0.717) is 36.7 Å². The van der Waals surface area contributed by atoms with Crippen LogP contribution < -0.4 is 10.1 Å². The predicted molar refractivity (Wildman–Crippen MR) is 85.1 cm³/mol. The van der Waals surface area contributed by atoms with E-state index in [-0.39, 0.29) is 0 Å². The summed E-state index contributed by atoms with van der Waals surface area (Å²) in [7, 11) is 0. The highest BCUT2D eigenvalue weighted by Crippen LogP contribution is 2.13. The van der Waals surface area contributed by atoms with Gasteiger partial charge in [-0.1, -0.05) is 19.9 Å². The molecule has 1 unspecified atom stereocenters. The number of allylic oxidation sites excluding steroid dienone is 1. The van der Waals surface area contributed by atoms with Gasteiger partial charge in [0.15, 0.2) is 0 Å². The molecule has 1 rings (SSSR count). The standard InChI is InChI=1S/C17H23NO4/c1-4-5-6-15(17(20)21)18-16(19)13-7-9-14(10-8-13)22-11-12(2)3/h4,7-10,12,15H,1,5-6,11H2,2-3H3,(H,18,19)(H,20,21). The lowest BCUT2D eigenvalue weighted by Crippen LogP contribution is -2.40. The highest BCUT2D eigenvalue weighted by molar-refractivity contribution is 5.96. The quantitative estimate of drug-likeness (QED) is 0.688. The maximum atomic E-state index is 12.1. The molecule has 5 heteroatoms. The molecule has 1 aromatic carbocycles. The minimum atomic E-state index is -1.05. The molecule has 0 radical (unpaired) electrons. The van der Waals surface area contributed by atoms with E-state index in [4.69, 9.17) is 9.84 Å². The topological polar surface area (TPSA) is 75.6 Å². The average molecular weight is 305 g/mol. The largest absolute Gasteiger partial charge is 0.493 e. The van der Waals surface area contributed by atoms with Gasteiger partial charge in [0, 0.05) is 5.56 Å². The third kappa shape index (κ3) is 5.99. The Morgan fingerprint density at radius 1 is 1.32 bits per heavy atom. The van der Waals surface area contributed by atoms with Gasteiger partial charge in [-0.25, -0.2) is 4.79 Å². The van der Waals surface area contributed by atoms with E-state index in [1.165, 1.54) is 0 Å². The predicted octanol–water partition coefficient (Wildman–Crippen LogP) is 2.87. The van der Waals surface area contributed by atoms with Crippen molar-refractivity contribution in [1.29, 1.82) is 0 Å². The van der Waals surface area contributed by atoms with E-state index in [2.05, 4.69) is 25.7 Å². The van der Waals surface area contributed by atoms with Crippen LogP contribution in [0.25, 0.3) is 0 Å². The summed E-state index contributed by atoms with van der Waals surface area (Å²) in [6.07, 6.45) is 2.47. The molecule has 0 fully saturated rings. The first-order chi connectivity index (χ1) is 10.4. The number of amides is 1. The molecular formula is C17H23NO4. The first kappa shape index (κ1) is 17.8. The molecule has 2 N–H and O–H groups in total. The Labute approximate surface area is 131 Å². The summed E-state index contributed by atoms with van der Waals surface area (Å²) in [4.78, 5) is 23.2. The summed E-state index contributed by atoms with van der Waals surface area (Å²) in [5.41, 5.74) is 0.404. The number of ether oxygens (including phenoxy) is 1. The highest BCUT2D eigenvalue weighted by Gasteiger charge is 2.19. The van der Waals surface area contributed by atoms with E-state index in [1.807, 2.05) is 0 Å². The zero-order valence-electron chi connectivity index (χ0n) is 13.0. The number of carboxylic acid groups (broad SMARTS) is 1. The molecule has 0 spiro atoms. The molecule has 22 heavy (non-hydrogen) atoms. The van der Waals surface area contributed by atoms with Gasteiger partial charge in [-0.05, 0) is 43.0 Å². The Bertz CT molecular complexity index is 508. The number of hydrogen-bond donors (Lipinski definition) is 2. The molecule has 0 saturated carbocycles. The lowest BCUT2D eigenvalue weighted by molar-refractivity contribution is -0.139. The van der Waals surface area contributed by atoms with Crippen molar-refractivity contribution in [2.75, 3.05) is 6.61 Å². The number of carbonyl (C=O) groups is 2. The van der Waals surface area contributed by atoms with Crippen LogP contribution in [0.1, 0.15) is 37.0 Å². The van der Waals surface area contributed by atoms with Crippen LogP contribution in [0.3, 0.4) is 0 Å². The molecular weight excluding hydrogens is 282 g/mol. The molecule has 0 heterocycles. The second-order valence-corrected chi connectivity index (χ2v) is 5.46. The van der Waals surface area contributed by atoms with Gasteiger partial charge in [-0.2, -0.15) is 0 Å². The Kier molecular flexibility index (Phi) is 7.16. The smallest absolute Gasteiger partial charge is 0.326 e. The van der Waals surface area contributed by atoms with Crippen molar-refractivity contribution in [3.8, 4) is 5.75 Å². The van der Waals surface area contributed by atoms with Crippen molar-refractivity contribution in [3.05, 3.63) is 42.5 Å². The maximum absolute atomic E-state index is 12.1. The number of carbonyl (C=O) groups excluding carboxylic acids is 1. The van der Waals surface area contributed by atoms with Gasteiger partial charge >= 0.3 is 5.97 Å². The number of carboxylic acids is 1. The Hall–Kier alpha value is -2.30. The van der Waals surface area contributed by atoms with Crippen molar-refractivity contribution in [1.82, 2.24) is 5.32 Å². The summed E-state index contributed by atoms with van der Waals surface area (Å²) in [6.45, 7) is 8.26. The normalized spacial score (nSPS) is 11.8. The van der Waals surface area contributed by atoms with Crippen LogP contribution in [0, 0.1) is 5.92 Å². The van der Waals surface area contributed by atoms with Crippen molar-refractivity contribution in [2.45, 2.75) is 32.7 Å². The van der Waals surface area contributed by atoms with E-state index in [9.17, 15) is 9.59 Å². The van der Waals surface area contributed by atoms with Crippen LogP contribution >= 0.6 is 0 Å². The Morgan fingerprint density at radius 2 is 1.95 bits per heavy atom. The first-order valence-corrected chi connectivity index (χ1v) is 7.31. The zero-order valence-corrected chi connectivity index (χ0v) is 13.0. The van der Waals surface area contributed by atoms with E-state index >= 15 is 0 Å². The van der Waals surface area contributed by atoms with E-state index in [1.54, 1.807) is 30.3 Å². The maximum Gasteiger partial charge on any atom is 0.326 e. The summed E-state index contributed by atoms with van der Waals surface area (Å²) in [5.74, 6) is -0.352. The summed E-state index contributed by atoms with van der Waals surface area (Å²) >= 11 is 0. The fourth-order valence-electron chi connectivity index (χ4n) is 1.75. The van der Waals surface area contributed by atoms with Crippen molar-refractivity contribution in [2.24, 2.45) is 5.92 Å². The molecule has 0 aliphatic rings. The number of aliphatic carboxylic acids is 1. The summed E-state index contributed by atoms with van der Waals surface area (Å²) in [6, 6.07) is 5.74. The number of benzene rings is 1. The van der Waals surface area contributed by atoms with Crippen LogP contribution in [0.4, 0.5) is 0 Å². The van der Waals surface area contributed by atoms with Gasteiger partial charge in [0.2, 0.25) is 0 Å². The van der Waals surface area contributed by atoms with Crippen molar-refractivity contribution in [3.63, 3.8) is 0 Å². The van der Waals surface area contributed by atoms with E-state index < -0.39 is 17.9 Å². The number of hydrogen-bond acceptors (Lipinski definition) is 3. The fraction of sp³-hybridized carbons (Fsp3) is 0.412. The number of nitrogens with one attached hydrogen (secondary N) is 1. The van der Waals surface area contributed by atoms with Gasteiger partial charge in [-0.3, -0.25) is 4.79 Å². The van der Waals surface area contributed by atoms with Crippen LogP contribution in [0.2, 0.25) is 0 Å². The van der Waals surface area contributed by atoms with Crippen molar-refractivity contribution >= 4 is 11.9 Å². The van der Waals surface area contributed by atoms with Crippen LogP contribution in [-0.2, 0) is 4.79 Å². The molecule has 1 atom stereocenters. The van der Waals surface area contributed by atoms with Gasteiger partial charge in [0.25, 0.3) is 5.91 Å². The average Bonchev–Trinajstić information content (AvgIpc) is 2.49. The molecule has 1 amide bonds. The molecule has 1 aromatic rings. The monoisotopic (exact) mass is 305 g/mol. The molecule has 0 aromatic heterocycles. The second kappa shape index (κ2) is 8.87. The van der Waals surface area contributed by atoms with E-state index in [0.717, 1.165) is 0 Å². The third-order valence-electron chi connectivity index (χ3n) is 2.96. The summed E-state index contributed by atoms with van der Waals surface area (Å²) in [5, 5.41) is 11.6. The SMILES string of the molecule is C=CCCC(NC(=O)c1ccc(OCC(C)C)cc1)C(=O)O. The molecule has 5 nitrogen and oxygen atoms in total. The summed E-state index contributed by atoms with van der Waals surface area (Å²) < 4.78 is 5.54. The number of rotatable bonds is 9. The van der Waals surface area contributed by atoms with Gasteiger partial charge < -0.3 is 15.2 Å². The van der Waals surface area contributed by atoms with Crippen molar-refractivity contribution < 1.29 is 19.4 Å². The van der Waals surface area contributed by atoms with Crippen LogP contribution in [-0.4, -0.2) is 29.6 Å². The molecule has 120 valence electrons. The highest BCUT2D eigenvalue weighted by atomic mass is 16.5. The third-order valence-corrected chi connectivity index (χ3v) is 2.96. The molecule has 0 aliphatic carbocycles.